The van der Waals surface area contributed by atoms with E-state index in [1.807, 2.05) is 0 Å². The lowest BCUT2D eigenvalue weighted by molar-refractivity contribution is -0.135. The van der Waals surface area contributed by atoms with Crippen molar-refractivity contribution in [2.24, 2.45) is 11.7 Å². The highest BCUT2D eigenvalue weighted by atomic mass is 35.5. The van der Waals surface area contributed by atoms with E-state index >= 15 is 0 Å². The predicted octanol–water partition coefficient (Wildman–Crippen LogP) is 1.86. The summed E-state index contributed by atoms with van der Waals surface area (Å²) in [5.41, 5.74) is 5.84. The maximum absolute atomic E-state index is 13.3. The first kappa shape index (κ1) is 21.4. The molecule has 1 amide bonds. The molecule has 0 radical (unpaired) electrons. The van der Waals surface area contributed by atoms with Crippen molar-refractivity contribution in [2.75, 3.05) is 26.2 Å². The summed E-state index contributed by atoms with van der Waals surface area (Å²) in [7, 11) is -3.74. The van der Waals surface area contributed by atoms with Gasteiger partial charge < -0.3 is 10.6 Å². The van der Waals surface area contributed by atoms with Crippen molar-refractivity contribution in [2.45, 2.75) is 30.2 Å². The molecular formula is C16H22Cl2FN3O3S. The van der Waals surface area contributed by atoms with Crippen LogP contribution in [0.5, 0.6) is 0 Å². The molecule has 0 bridgehead atoms. The fourth-order valence-corrected chi connectivity index (χ4v) is 5.12. The largest absolute Gasteiger partial charge is 0.341 e. The molecule has 0 spiro atoms. The van der Waals surface area contributed by atoms with E-state index in [2.05, 4.69) is 0 Å². The minimum absolute atomic E-state index is 0. The van der Waals surface area contributed by atoms with Crippen LogP contribution in [0.25, 0.3) is 0 Å². The van der Waals surface area contributed by atoms with Gasteiger partial charge in [-0.15, -0.1) is 12.4 Å². The van der Waals surface area contributed by atoms with Gasteiger partial charge in [0.05, 0.1) is 9.92 Å². The Balaban J connectivity index is 0.00000243. The molecule has 6 nitrogen and oxygen atoms in total. The summed E-state index contributed by atoms with van der Waals surface area (Å²) in [5.74, 6) is -0.767. The Morgan fingerprint density at radius 2 is 1.85 bits per heavy atom. The molecule has 2 aliphatic heterocycles. The molecule has 0 unspecified atom stereocenters. The quantitative estimate of drug-likeness (QED) is 0.800. The Morgan fingerprint density at radius 3 is 2.38 bits per heavy atom. The minimum Gasteiger partial charge on any atom is -0.341 e. The van der Waals surface area contributed by atoms with E-state index in [9.17, 15) is 17.6 Å². The maximum Gasteiger partial charge on any atom is 0.243 e. The number of benzene rings is 1. The van der Waals surface area contributed by atoms with Crippen LogP contribution in [-0.4, -0.2) is 55.8 Å². The maximum atomic E-state index is 13.3. The first-order valence-electron chi connectivity index (χ1n) is 8.28. The number of halogens is 3. The van der Waals surface area contributed by atoms with Crippen LogP contribution in [0.2, 0.25) is 5.02 Å². The second kappa shape index (κ2) is 8.39. The van der Waals surface area contributed by atoms with Gasteiger partial charge in [-0.05, 0) is 37.5 Å². The van der Waals surface area contributed by atoms with Crippen LogP contribution in [0.1, 0.15) is 19.3 Å². The summed E-state index contributed by atoms with van der Waals surface area (Å²) in [6, 6.07) is 3.41. The molecule has 1 aromatic rings. The first-order valence-corrected chi connectivity index (χ1v) is 10.1. The lowest BCUT2D eigenvalue weighted by Gasteiger charge is -2.32. The van der Waals surface area contributed by atoms with Crippen LogP contribution < -0.4 is 5.73 Å². The number of likely N-dealkylation sites (tertiary alicyclic amines) is 1. The Bertz CT molecular complexity index is 770. The third-order valence-corrected chi connectivity index (χ3v) is 7.05. The van der Waals surface area contributed by atoms with E-state index in [-0.39, 0.29) is 53.3 Å². The third-order valence-electron chi connectivity index (χ3n) is 4.87. The number of sulfonamides is 1. The Labute approximate surface area is 163 Å². The molecule has 1 atom stereocenters. The second-order valence-electron chi connectivity index (χ2n) is 6.59. The normalized spacial score (nSPS) is 22.3. The highest BCUT2D eigenvalue weighted by Crippen LogP contribution is 2.27. The number of nitrogens with two attached hydrogens (primary N) is 1. The van der Waals surface area contributed by atoms with E-state index in [1.165, 1.54) is 10.4 Å². The van der Waals surface area contributed by atoms with Crippen molar-refractivity contribution in [3.8, 4) is 0 Å². The van der Waals surface area contributed by atoms with Gasteiger partial charge in [0.2, 0.25) is 15.9 Å². The molecule has 2 heterocycles. The standard InChI is InChI=1S/C16H21ClFN3O3S.ClH/c17-14-9-13(1-2-15(14)18)25(23,24)21-7-3-11(4-8-21)16(22)20-6-5-12(19)10-20;/h1-2,9,11-12H,3-8,10,19H2;1H/t12-;/m1./s1. The van der Waals surface area contributed by atoms with Crippen LogP contribution in [-0.2, 0) is 14.8 Å². The Hall–Kier alpha value is -0.930. The minimum atomic E-state index is -3.74. The number of rotatable bonds is 3. The van der Waals surface area contributed by atoms with Crippen molar-refractivity contribution in [1.29, 1.82) is 0 Å². The van der Waals surface area contributed by atoms with E-state index in [0.29, 0.717) is 25.9 Å². The smallest absolute Gasteiger partial charge is 0.243 e. The van der Waals surface area contributed by atoms with Gasteiger partial charge in [-0.2, -0.15) is 4.31 Å². The molecule has 3 rings (SSSR count). The fraction of sp³-hybridized carbons (Fsp3) is 0.562. The van der Waals surface area contributed by atoms with Gasteiger partial charge >= 0.3 is 0 Å². The number of carbonyl (C=O) groups excluding carboxylic acids is 1. The zero-order valence-electron chi connectivity index (χ0n) is 14.1. The predicted molar refractivity (Wildman–Crippen MR) is 99.3 cm³/mol. The summed E-state index contributed by atoms with van der Waals surface area (Å²) in [6.07, 6.45) is 1.75. The van der Waals surface area contributed by atoms with Crippen molar-refractivity contribution in [3.63, 3.8) is 0 Å². The molecule has 2 saturated heterocycles. The molecule has 1 aromatic carbocycles. The average molecular weight is 426 g/mol. The average Bonchev–Trinajstić information content (AvgIpc) is 3.03. The zero-order chi connectivity index (χ0) is 18.2. The van der Waals surface area contributed by atoms with Crippen LogP contribution >= 0.6 is 24.0 Å². The van der Waals surface area contributed by atoms with Crippen LogP contribution in [0.4, 0.5) is 4.39 Å². The van der Waals surface area contributed by atoms with E-state index < -0.39 is 15.8 Å². The number of hydrogen-bond donors (Lipinski definition) is 1. The number of carbonyl (C=O) groups is 1. The van der Waals surface area contributed by atoms with Crippen molar-refractivity contribution >= 4 is 39.9 Å². The Morgan fingerprint density at radius 1 is 1.19 bits per heavy atom. The van der Waals surface area contributed by atoms with Gasteiger partial charge in [0, 0.05) is 38.1 Å². The monoisotopic (exact) mass is 425 g/mol. The SMILES string of the molecule is Cl.N[C@@H]1CCN(C(=O)C2CCN(S(=O)(=O)c3ccc(F)c(Cl)c3)CC2)C1. The zero-order valence-corrected chi connectivity index (χ0v) is 16.5. The highest BCUT2D eigenvalue weighted by molar-refractivity contribution is 7.89. The van der Waals surface area contributed by atoms with E-state index in [1.54, 1.807) is 4.90 Å². The van der Waals surface area contributed by atoms with Crippen molar-refractivity contribution in [3.05, 3.63) is 29.0 Å². The van der Waals surface area contributed by atoms with Gasteiger partial charge in [-0.1, -0.05) is 11.6 Å². The van der Waals surface area contributed by atoms with Gasteiger partial charge in [0.25, 0.3) is 0 Å². The molecule has 0 aromatic heterocycles. The molecule has 10 heteroatoms. The molecule has 2 aliphatic rings. The van der Waals surface area contributed by atoms with Crippen LogP contribution in [0.3, 0.4) is 0 Å². The van der Waals surface area contributed by atoms with E-state index in [0.717, 1.165) is 18.6 Å². The molecule has 26 heavy (non-hydrogen) atoms. The number of amides is 1. The van der Waals surface area contributed by atoms with Gasteiger partial charge in [-0.3, -0.25) is 4.79 Å². The fourth-order valence-electron chi connectivity index (χ4n) is 3.38. The van der Waals surface area contributed by atoms with Gasteiger partial charge in [-0.25, -0.2) is 12.8 Å². The molecule has 2 N–H and O–H groups in total. The van der Waals surface area contributed by atoms with Crippen LogP contribution in [0, 0.1) is 11.7 Å². The number of nitrogens with zero attached hydrogens (tertiary/aromatic N) is 2. The number of piperidine rings is 1. The highest BCUT2D eigenvalue weighted by Gasteiger charge is 2.35. The second-order valence-corrected chi connectivity index (χ2v) is 8.93. The van der Waals surface area contributed by atoms with Crippen molar-refractivity contribution < 1.29 is 17.6 Å². The summed E-state index contributed by atoms with van der Waals surface area (Å²) in [5, 5.41) is -0.225. The summed E-state index contributed by atoms with van der Waals surface area (Å²) in [6.45, 7) is 1.76. The first-order chi connectivity index (χ1) is 11.8. The molecular weight excluding hydrogens is 404 g/mol. The van der Waals surface area contributed by atoms with Gasteiger partial charge in [0.15, 0.2) is 0 Å². The van der Waals surface area contributed by atoms with Crippen molar-refractivity contribution in [1.82, 2.24) is 9.21 Å². The molecule has 0 saturated carbocycles. The topological polar surface area (TPSA) is 83.7 Å². The van der Waals surface area contributed by atoms with Gasteiger partial charge in [0.1, 0.15) is 5.82 Å². The molecule has 146 valence electrons. The Kier molecular flexibility index (Phi) is 6.90. The van der Waals surface area contributed by atoms with Crippen LogP contribution in [0.15, 0.2) is 23.1 Å². The lowest BCUT2D eigenvalue weighted by Crippen LogP contribution is -2.44. The molecule has 0 aliphatic carbocycles. The molecule has 2 fully saturated rings. The lowest BCUT2D eigenvalue weighted by atomic mass is 9.97. The summed E-state index contributed by atoms with van der Waals surface area (Å²) >= 11 is 5.69. The third kappa shape index (κ3) is 4.31. The number of hydrogen-bond acceptors (Lipinski definition) is 4. The van der Waals surface area contributed by atoms with E-state index in [4.69, 9.17) is 17.3 Å². The summed E-state index contributed by atoms with van der Waals surface area (Å²) in [4.78, 5) is 14.2. The summed E-state index contributed by atoms with van der Waals surface area (Å²) < 4.78 is 39.9.